The maximum Gasteiger partial charge on any atom is 1.00 e. The molecule has 1 heteroatoms. The van der Waals surface area contributed by atoms with Crippen molar-refractivity contribution in [2.45, 2.75) is 6.92 Å². The Morgan fingerprint density at radius 1 is 0.750 bits per heavy atom. The molecule has 0 fully saturated rings. The second-order valence-corrected chi connectivity index (χ2v) is 4.00. The summed E-state index contributed by atoms with van der Waals surface area (Å²) in [5.41, 5.74) is 1.35. The van der Waals surface area contributed by atoms with Crippen LogP contribution >= 0.6 is 0 Å². The van der Waals surface area contributed by atoms with Crippen molar-refractivity contribution in [3.05, 3.63) is 60.2 Å². The van der Waals surface area contributed by atoms with Gasteiger partial charge >= 0.3 is 18.9 Å². The van der Waals surface area contributed by atoms with Crippen LogP contribution < -0.4 is 18.9 Å². The summed E-state index contributed by atoms with van der Waals surface area (Å²) >= 11 is 0. The van der Waals surface area contributed by atoms with Crippen LogP contribution in [0.4, 0.5) is 0 Å². The maximum absolute atomic E-state index is 2.28. The molecule has 0 spiro atoms. The number of fused-ring (bicyclic) bond motifs is 2. The van der Waals surface area contributed by atoms with E-state index in [1.807, 2.05) is 0 Å². The molecule has 16 heavy (non-hydrogen) atoms. The smallest absolute Gasteiger partial charge is 1.00 e. The van der Waals surface area contributed by atoms with Crippen molar-refractivity contribution in [1.29, 1.82) is 0 Å². The van der Waals surface area contributed by atoms with Crippen LogP contribution in [-0.4, -0.2) is 0 Å². The van der Waals surface area contributed by atoms with Gasteiger partial charge in [-0.05, 0) is 46.2 Å². The molecular formula is C15H13Li. The molecule has 0 radical (unpaired) electrons. The van der Waals surface area contributed by atoms with Crippen molar-refractivity contribution < 1.29 is 20.3 Å². The van der Waals surface area contributed by atoms with Crippen molar-refractivity contribution in [3.8, 4) is 0 Å². The van der Waals surface area contributed by atoms with Gasteiger partial charge in [-0.25, -0.2) is 0 Å². The molecular weight excluding hydrogens is 187 g/mol. The number of hydrogen-bond acceptors (Lipinski definition) is 0. The summed E-state index contributed by atoms with van der Waals surface area (Å²) < 4.78 is 0. The van der Waals surface area contributed by atoms with Gasteiger partial charge < -0.3 is 1.43 Å². The Kier molecular flexibility index (Phi) is 3.05. The van der Waals surface area contributed by atoms with Crippen LogP contribution in [0.15, 0.2) is 54.6 Å². The molecule has 0 heterocycles. The summed E-state index contributed by atoms with van der Waals surface area (Å²) in [6.07, 6.45) is 0. The zero-order chi connectivity index (χ0) is 10.3. The molecule has 3 aromatic rings. The average molecular weight is 200 g/mol. The van der Waals surface area contributed by atoms with E-state index < -0.39 is 0 Å². The molecule has 0 N–H and O–H groups in total. The van der Waals surface area contributed by atoms with Gasteiger partial charge in [0, 0.05) is 0 Å². The van der Waals surface area contributed by atoms with Crippen LogP contribution in [0.2, 0.25) is 0 Å². The van der Waals surface area contributed by atoms with Gasteiger partial charge in [0.05, 0.1) is 0 Å². The van der Waals surface area contributed by atoms with Gasteiger partial charge in [-0.2, -0.15) is 0 Å². The summed E-state index contributed by atoms with van der Waals surface area (Å²) in [6.45, 7) is 2.16. The molecule has 0 aliphatic heterocycles. The van der Waals surface area contributed by atoms with E-state index in [9.17, 15) is 0 Å². The molecule has 3 aromatic carbocycles. The second-order valence-electron chi connectivity index (χ2n) is 4.00. The van der Waals surface area contributed by atoms with Gasteiger partial charge in [-0.15, -0.1) is 0 Å². The first-order valence-corrected chi connectivity index (χ1v) is 5.23. The summed E-state index contributed by atoms with van der Waals surface area (Å²) in [5.74, 6) is 0. The van der Waals surface area contributed by atoms with E-state index in [1.165, 1.54) is 27.1 Å². The van der Waals surface area contributed by atoms with E-state index in [1.54, 1.807) is 0 Å². The van der Waals surface area contributed by atoms with Gasteiger partial charge in [-0.1, -0.05) is 42.5 Å². The van der Waals surface area contributed by atoms with Crippen LogP contribution in [0.25, 0.3) is 21.5 Å². The van der Waals surface area contributed by atoms with E-state index >= 15 is 0 Å². The topological polar surface area (TPSA) is 0 Å². The van der Waals surface area contributed by atoms with Gasteiger partial charge in [0.15, 0.2) is 0 Å². The third-order valence-corrected chi connectivity index (χ3v) is 2.96. The van der Waals surface area contributed by atoms with E-state index in [0.29, 0.717) is 0 Å². The van der Waals surface area contributed by atoms with Crippen molar-refractivity contribution >= 4 is 21.5 Å². The average Bonchev–Trinajstić information content (AvgIpc) is 2.27. The first kappa shape index (κ1) is 11.3. The summed E-state index contributed by atoms with van der Waals surface area (Å²) in [4.78, 5) is 0. The maximum atomic E-state index is 2.28. The molecule has 0 saturated heterocycles. The standard InChI is InChI=1S/C15H12.Li.H/c1-11-5-4-8-14-9-12-6-2-3-7-13(12)10-15(11)14;;/h2-10H,1H3;;/q;+1;-1. The van der Waals surface area contributed by atoms with Crippen molar-refractivity contribution in [2.24, 2.45) is 0 Å². The van der Waals surface area contributed by atoms with E-state index in [0.717, 1.165) is 0 Å². The minimum absolute atomic E-state index is 0. The van der Waals surface area contributed by atoms with Crippen molar-refractivity contribution in [1.82, 2.24) is 0 Å². The fourth-order valence-electron chi connectivity index (χ4n) is 2.12. The summed E-state index contributed by atoms with van der Waals surface area (Å²) in [5, 5.41) is 5.32. The minimum Gasteiger partial charge on any atom is -1.00 e. The molecule has 74 valence electrons. The van der Waals surface area contributed by atoms with Gasteiger partial charge in [0.1, 0.15) is 0 Å². The van der Waals surface area contributed by atoms with Crippen molar-refractivity contribution in [2.75, 3.05) is 0 Å². The SMILES string of the molecule is Cc1cccc2cc3ccccc3cc12.[H-].[Li+]. The van der Waals surface area contributed by atoms with E-state index in [4.69, 9.17) is 0 Å². The Balaban J connectivity index is 0.000000722. The largest absolute Gasteiger partial charge is 1.00 e. The molecule has 0 amide bonds. The normalized spacial score (nSPS) is 10.3. The van der Waals surface area contributed by atoms with Crippen LogP contribution in [0.3, 0.4) is 0 Å². The monoisotopic (exact) mass is 200 g/mol. The van der Waals surface area contributed by atoms with E-state index in [2.05, 4.69) is 61.5 Å². The van der Waals surface area contributed by atoms with Gasteiger partial charge in [0.2, 0.25) is 0 Å². The predicted octanol–water partition coefficient (Wildman–Crippen LogP) is 1.42. The molecule has 0 bridgehead atoms. The van der Waals surface area contributed by atoms with Crippen LogP contribution in [-0.2, 0) is 0 Å². The van der Waals surface area contributed by atoms with Crippen LogP contribution in [0.5, 0.6) is 0 Å². The first-order chi connectivity index (χ1) is 7.34. The first-order valence-electron chi connectivity index (χ1n) is 5.23. The Morgan fingerprint density at radius 2 is 1.38 bits per heavy atom. The third-order valence-electron chi connectivity index (χ3n) is 2.96. The van der Waals surface area contributed by atoms with Crippen LogP contribution in [0, 0.1) is 6.92 Å². The molecule has 0 aliphatic rings. The Bertz CT molecular complexity index is 647. The third kappa shape index (κ3) is 1.76. The fourth-order valence-corrected chi connectivity index (χ4v) is 2.12. The number of hydrogen-bond donors (Lipinski definition) is 0. The molecule has 0 aromatic heterocycles. The summed E-state index contributed by atoms with van der Waals surface area (Å²) in [6, 6.07) is 19.5. The molecule has 0 unspecified atom stereocenters. The second kappa shape index (κ2) is 4.34. The predicted molar refractivity (Wildman–Crippen MR) is 67.3 cm³/mol. The van der Waals surface area contributed by atoms with E-state index in [-0.39, 0.29) is 20.3 Å². The van der Waals surface area contributed by atoms with Gasteiger partial charge in [0.25, 0.3) is 0 Å². The molecule has 0 saturated carbocycles. The molecule has 0 nitrogen and oxygen atoms in total. The zero-order valence-electron chi connectivity index (χ0n) is 10.7. The number of rotatable bonds is 0. The molecule has 0 aliphatic carbocycles. The summed E-state index contributed by atoms with van der Waals surface area (Å²) in [7, 11) is 0. The van der Waals surface area contributed by atoms with Crippen LogP contribution in [0.1, 0.15) is 6.99 Å². The number of aryl methyl sites for hydroxylation is 1. The fraction of sp³-hybridized carbons (Fsp3) is 0.0667. The molecule has 3 rings (SSSR count). The molecule has 0 atom stereocenters. The van der Waals surface area contributed by atoms with Gasteiger partial charge in [-0.3, -0.25) is 0 Å². The Morgan fingerprint density at radius 3 is 2.12 bits per heavy atom. The van der Waals surface area contributed by atoms with Crippen molar-refractivity contribution in [3.63, 3.8) is 0 Å². The number of benzene rings is 3. The zero-order valence-corrected chi connectivity index (χ0v) is 9.70. The minimum atomic E-state index is 0. The quantitative estimate of drug-likeness (QED) is 0.380. The Labute approximate surface area is 109 Å². The Hall–Kier alpha value is -1.22.